The maximum Gasteiger partial charge on any atom is 0.282 e. The van der Waals surface area contributed by atoms with E-state index in [9.17, 15) is 14.0 Å². The molecular weight excluding hydrogens is 403 g/mol. The van der Waals surface area contributed by atoms with Crippen LogP contribution in [-0.2, 0) is 9.59 Å². The second-order valence-electron chi connectivity index (χ2n) is 7.00. The van der Waals surface area contributed by atoms with Crippen molar-refractivity contribution >= 4 is 40.4 Å². The van der Waals surface area contributed by atoms with E-state index in [4.69, 9.17) is 11.6 Å². The zero-order valence-electron chi connectivity index (χ0n) is 16.4. The molecule has 0 radical (unpaired) electrons. The topological polar surface area (TPSA) is 40.6 Å². The van der Waals surface area contributed by atoms with E-state index in [1.165, 1.54) is 24.3 Å². The zero-order chi connectivity index (χ0) is 21.4. The first-order valence-electron chi connectivity index (χ1n) is 9.32. The minimum atomic E-state index is -0.477. The molecule has 0 saturated heterocycles. The van der Waals surface area contributed by atoms with Crippen LogP contribution in [0.5, 0.6) is 0 Å². The normalized spacial score (nSPS) is 13.9. The van der Waals surface area contributed by atoms with E-state index in [0.717, 1.165) is 16.2 Å². The van der Waals surface area contributed by atoms with Crippen molar-refractivity contribution in [3.63, 3.8) is 0 Å². The third kappa shape index (κ3) is 3.37. The summed E-state index contributed by atoms with van der Waals surface area (Å²) in [7, 11) is 1.73. The summed E-state index contributed by atoms with van der Waals surface area (Å²) in [6.07, 6.45) is 0. The van der Waals surface area contributed by atoms with Crippen LogP contribution in [0.4, 0.5) is 15.8 Å². The molecule has 0 spiro atoms. The number of carbonyl (C=O) groups is 2. The van der Waals surface area contributed by atoms with Gasteiger partial charge in [0.2, 0.25) is 0 Å². The van der Waals surface area contributed by atoms with Gasteiger partial charge in [0.1, 0.15) is 11.5 Å². The number of nitrogens with zero attached hydrogens (tertiary/aromatic N) is 2. The first kappa shape index (κ1) is 19.9. The molecule has 3 aromatic carbocycles. The first-order valence-corrected chi connectivity index (χ1v) is 9.70. The van der Waals surface area contributed by atoms with Crippen molar-refractivity contribution in [1.29, 1.82) is 0 Å². The number of rotatable bonds is 4. The average molecular weight is 421 g/mol. The number of carbonyl (C=O) groups excluding carboxylic acids is 2. The second kappa shape index (κ2) is 7.76. The van der Waals surface area contributed by atoms with Crippen molar-refractivity contribution < 1.29 is 14.0 Å². The molecule has 0 bridgehead atoms. The van der Waals surface area contributed by atoms with Gasteiger partial charge >= 0.3 is 0 Å². The molecule has 150 valence electrons. The van der Waals surface area contributed by atoms with E-state index in [1.54, 1.807) is 30.1 Å². The Kier molecular flexibility index (Phi) is 5.14. The predicted molar refractivity (Wildman–Crippen MR) is 117 cm³/mol. The van der Waals surface area contributed by atoms with E-state index >= 15 is 0 Å². The highest BCUT2D eigenvalue weighted by Gasteiger charge is 2.42. The molecule has 2 amide bonds. The van der Waals surface area contributed by atoms with Gasteiger partial charge in [-0.15, -0.1) is 0 Å². The number of amides is 2. The number of aryl methyl sites for hydroxylation is 1. The Hall–Kier alpha value is -3.44. The van der Waals surface area contributed by atoms with Gasteiger partial charge < -0.3 is 4.90 Å². The Morgan fingerprint density at radius 1 is 0.900 bits per heavy atom. The number of anilines is 2. The summed E-state index contributed by atoms with van der Waals surface area (Å²) in [6, 6.07) is 19.9. The van der Waals surface area contributed by atoms with Crippen LogP contribution in [-0.4, -0.2) is 18.9 Å². The number of hydrogen-bond acceptors (Lipinski definition) is 3. The molecule has 0 saturated carbocycles. The minimum absolute atomic E-state index is 0.214. The molecule has 1 aliphatic heterocycles. The van der Waals surface area contributed by atoms with Gasteiger partial charge in [-0.25, -0.2) is 9.29 Å². The standard InChI is InChI=1S/C24H18ClFN2O2/c1-15-8-11-17(25)14-20(15)28-23(29)21(16-9-12-18(26)13-10-16)22(24(28)30)27(2)19-6-4-3-5-7-19/h3-14H,1-2H3. The summed E-state index contributed by atoms with van der Waals surface area (Å²) in [5.41, 5.74) is 2.81. The molecule has 4 rings (SSSR count). The minimum Gasteiger partial charge on any atom is -0.339 e. The molecule has 0 aromatic heterocycles. The largest absolute Gasteiger partial charge is 0.339 e. The third-order valence-corrected chi connectivity index (χ3v) is 5.32. The first-order chi connectivity index (χ1) is 14.4. The maximum atomic E-state index is 13.5. The van der Waals surface area contributed by atoms with Crippen LogP contribution >= 0.6 is 11.6 Å². The van der Waals surface area contributed by atoms with Crippen molar-refractivity contribution in [3.8, 4) is 0 Å². The molecule has 6 heteroatoms. The number of likely N-dealkylation sites (N-methyl/N-ethyl adjacent to an activating group) is 1. The lowest BCUT2D eigenvalue weighted by Crippen LogP contribution is -2.34. The smallest absolute Gasteiger partial charge is 0.282 e. The van der Waals surface area contributed by atoms with Gasteiger partial charge in [0, 0.05) is 17.8 Å². The highest BCUT2D eigenvalue weighted by molar-refractivity contribution is 6.46. The van der Waals surface area contributed by atoms with Crippen LogP contribution < -0.4 is 9.80 Å². The fraction of sp³-hybridized carbons (Fsp3) is 0.0833. The van der Waals surface area contributed by atoms with Gasteiger partial charge in [0.15, 0.2) is 0 Å². The Morgan fingerprint density at radius 2 is 1.57 bits per heavy atom. The van der Waals surface area contributed by atoms with Gasteiger partial charge in [-0.05, 0) is 54.4 Å². The molecule has 0 N–H and O–H groups in total. The Labute approximate surface area is 178 Å². The van der Waals surface area contributed by atoms with E-state index in [0.29, 0.717) is 16.3 Å². The summed E-state index contributed by atoms with van der Waals surface area (Å²) in [6.45, 7) is 1.81. The van der Waals surface area contributed by atoms with Crippen LogP contribution in [0.3, 0.4) is 0 Å². The summed E-state index contributed by atoms with van der Waals surface area (Å²) in [4.78, 5) is 29.8. The van der Waals surface area contributed by atoms with Gasteiger partial charge in [-0.1, -0.05) is 48.0 Å². The molecule has 0 unspecified atom stereocenters. The highest BCUT2D eigenvalue weighted by atomic mass is 35.5. The van der Waals surface area contributed by atoms with Crippen LogP contribution in [0.2, 0.25) is 5.02 Å². The predicted octanol–water partition coefficient (Wildman–Crippen LogP) is 5.21. The number of benzene rings is 3. The Bertz CT molecular complexity index is 1170. The number of halogens is 2. The summed E-state index contributed by atoms with van der Waals surface area (Å²) in [5, 5.41) is 0.421. The lowest BCUT2D eigenvalue weighted by atomic mass is 10.0. The van der Waals surface area contributed by atoms with Crippen molar-refractivity contribution in [2.75, 3.05) is 16.8 Å². The molecule has 1 heterocycles. The Balaban J connectivity index is 1.90. The van der Waals surface area contributed by atoms with Gasteiger partial charge in [-0.3, -0.25) is 9.59 Å². The number of imide groups is 1. The van der Waals surface area contributed by atoms with Crippen LogP contribution in [0.25, 0.3) is 5.57 Å². The third-order valence-electron chi connectivity index (χ3n) is 5.08. The van der Waals surface area contributed by atoms with Crippen molar-refractivity contribution in [2.45, 2.75) is 6.92 Å². The van der Waals surface area contributed by atoms with E-state index < -0.39 is 17.6 Å². The summed E-state index contributed by atoms with van der Waals surface area (Å²) in [5.74, 6) is -1.36. The number of para-hydroxylation sites is 1. The van der Waals surface area contributed by atoms with E-state index in [-0.39, 0.29) is 11.3 Å². The average Bonchev–Trinajstić information content (AvgIpc) is 3.00. The SMILES string of the molecule is Cc1ccc(Cl)cc1N1C(=O)C(c2ccc(F)cc2)=C(N(C)c2ccccc2)C1=O. The van der Waals surface area contributed by atoms with Gasteiger partial charge in [-0.2, -0.15) is 0 Å². The molecule has 4 nitrogen and oxygen atoms in total. The zero-order valence-corrected chi connectivity index (χ0v) is 17.2. The molecule has 30 heavy (non-hydrogen) atoms. The van der Waals surface area contributed by atoms with Gasteiger partial charge in [0.05, 0.1) is 11.3 Å². The van der Waals surface area contributed by atoms with Crippen LogP contribution in [0.15, 0.2) is 78.5 Å². The molecular formula is C24H18ClFN2O2. The lowest BCUT2D eigenvalue weighted by Gasteiger charge is -2.22. The molecule has 0 fully saturated rings. The quantitative estimate of drug-likeness (QED) is 0.544. The van der Waals surface area contributed by atoms with Crippen molar-refractivity contribution in [2.24, 2.45) is 0 Å². The maximum absolute atomic E-state index is 13.5. The van der Waals surface area contributed by atoms with Gasteiger partial charge in [0.25, 0.3) is 11.8 Å². The molecule has 1 aliphatic rings. The summed E-state index contributed by atoms with van der Waals surface area (Å²) >= 11 is 6.14. The number of hydrogen-bond donors (Lipinski definition) is 0. The van der Waals surface area contributed by atoms with Crippen LogP contribution in [0.1, 0.15) is 11.1 Å². The van der Waals surface area contributed by atoms with E-state index in [2.05, 4.69) is 0 Å². The van der Waals surface area contributed by atoms with Crippen molar-refractivity contribution in [1.82, 2.24) is 0 Å². The Morgan fingerprint density at radius 3 is 2.23 bits per heavy atom. The van der Waals surface area contributed by atoms with Crippen molar-refractivity contribution in [3.05, 3.63) is 100 Å². The second-order valence-corrected chi connectivity index (χ2v) is 7.44. The van der Waals surface area contributed by atoms with E-state index in [1.807, 2.05) is 37.3 Å². The lowest BCUT2D eigenvalue weighted by molar-refractivity contribution is -0.120. The molecule has 0 aliphatic carbocycles. The molecule has 3 aromatic rings. The van der Waals surface area contributed by atoms with Crippen LogP contribution in [0, 0.1) is 12.7 Å². The highest BCUT2D eigenvalue weighted by Crippen LogP contribution is 2.37. The summed E-state index contributed by atoms with van der Waals surface area (Å²) < 4.78 is 13.5. The fourth-order valence-corrected chi connectivity index (χ4v) is 3.70. The molecule has 0 atom stereocenters. The monoisotopic (exact) mass is 420 g/mol. The fourth-order valence-electron chi connectivity index (χ4n) is 3.53.